The number of ketones is 1. The van der Waals surface area contributed by atoms with Crippen LogP contribution in [0.25, 0.3) is 0 Å². The maximum Gasteiger partial charge on any atom is 0.309 e. The first-order chi connectivity index (χ1) is 15.7. The topological polar surface area (TPSA) is 113 Å². The Morgan fingerprint density at radius 1 is 1.35 bits per heavy atom. The van der Waals surface area contributed by atoms with Crippen molar-refractivity contribution in [3.63, 3.8) is 0 Å². The summed E-state index contributed by atoms with van der Waals surface area (Å²) in [5.41, 5.74) is -2.27. The van der Waals surface area contributed by atoms with Gasteiger partial charge in [0.2, 0.25) is 0 Å². The SMILES string of the molecule is [2H]C([2H])([2H])OC(=O)[C@@H]1CC2=CC(=O)CC[C@]2(C)[C@@]23O[C@@H]2C[C@@]2(C)[C@@H](CC[C@@]2(O)CCC(=O)O)[C@H]13. The van der Waals surface area contributed by atoms with Crippen LogP contribution in [0.5, 0.6) is 0 Å². The molecule has 0 unspecified atom stereocenters. The number of hydrogen-bond acceptors (Lipinski definition) is 6. The number of fused-ring (bicyclic) bond motifs is 3. The van der Waals surface area contributed by atoms with E-state index in [4.69, 9.17) is 13.6 Å². The number of rotatable bonds is 4. The smallest absolute Gasteiger partial charge is 0.309 e. The molecule has 8 atom stereocenters. The second kappa shape index (κ2) is 6.41. The van der Waals surface area contributed by atoms with Crippen molar-refractivity contribution in [3.05, 3.63) is 11.6 Å². The fraction of sp³-hybridized carbons (Fsp3) is 0.792. The zero-order chi connectivity index (χ0) is 24.9. The third-order valence-electron chi connectivity index (χ3n) is 9.85. The molecule has 0 aromatic heterocycles. The van der Waals surface area contributed by atoms with Crippen molar-refractivity contribution in [2.75, 3.05) is 7.04 Å². The van der Waals surface area contributed by atoms with Crippen molar-refractivity contribution in [1.82, 2.24) is 0 Å². The Labute approximate surface area is 186 Å². The molecule has 1 heterocycles. The molecule has 1 saturated heterocycles. The van der Waals surface area contributed by atoms with Crippen LogP contribution < -0.4 is 0 Å². The number of hydrogen-bond donors (Lipinski definition) is 2. The van der Waals surface area contributed by atoms with Crippen LogP contribution >= 0.6 is 0 Å². The van der Waals surface area contributed by atoms with Gasteiger partial charge in [-0.2, -0.15) is 0 Å². The minimum Gasteiger partial charge on any atom is -0.481 e. The van der Waals surface area contributed by atoms with Gasteiger partial charge in [0, 0.05) is 29.6 Å². The van der Waals surface area contributed by atoms with Crippen LogP contribution in [0.3, 0.4) is 0 Å². The largest absolute Gasteiger partial charge is 0.481 e. The molecule has 4 aliphatic carbocycles. The molecular formula is C24H32O7. The van der Waals surface area contributed by atoms with Crippen molar-refractivity contribution in [1.29, 1.82) is 0 Å². The van der Waals surface area contributed by atoms with Gasteiger partial charge in [-0.3, -0.25) is 14.4 Å². The van der Waals surface area contributed by atoms with E-state index in [1.165, 1.54) is 0 Å². The Morgan fingerprint density at radius 2 is 2.13 bits per heavy atom. The molecule has 0 aromatic carbocycles. The average Bonchev–Trinajstić information content (AvgIpc) is 3.37. The average molecular weight is 436 g/mol. The molecule has 1 aliphatic heterocycles. The number of carboxylic acid groups (broad SMARTS) is 1. The lowest BCUT2D eigenvalue weighted by Gasteiger charge is -2.58. The predicted octanol–water partition coefficient (Wildman–Crippen LogP) is 2.64. The first-order valence-corrected chi connectivity index (χ1v) is 11.3. The summed E-state index contributed by atoms with van der Waals surface area (Å²) < 4.78 is 33.8. The van der Waals surface area contributed by atoms with E-state index in [-0.39, 0.29) is 43.0 Å². The van der Waals surface area contributed by atoms with Gasteiger partial charge in [-0.15, -0.1) is 0 Å². The number of carbonyl (C=O) groups is 3. The molecule has 0 amide bonds. The zero-order valence-electron chi connectivity index (χ0n) is 21.0. The van der Waals surface area contributed by atoms with E-state index in [0.717, 1.165) is 5.57 Å². The molecule has 31 heavy (non-hydrogen) atoms. The van der Waals surface area contributed by atoms with Crippen LogP contribution in [0.4, 0.5) is 0 Å². The van der Waals surface area contributed by atoms with E-state index < -0.39 is 46.9 Å². The molecule has 0 bridgehead atoms. The molecule has 5 rings (SSSR count). The fourth-order valence-electron chi connectivity index (χ4n) is 8.15. The van der Waals surface area contributed by atoms with Gasteiger partial charge in [0.15, 0.2) is 5.78 Å². The highest BCUT2D eigenvalue weighted by atomic mass is 16.6. The van der Waals surface area contributed by atoms with Crippen LogP contribution in [0.15, 0.2) is 11.6 Å². The molecule has 3 saturated carbocycles. The lowest BCUT2D eigenvalue weighted by atomic mass is 9.43. The third kappa shape index (κ3) is 2.50. The van der Waals surface area contributed by atoms with E-state index in [9.17, 15) is 24.6 Å². The normalized spacial score (nSPS) is 51.6. The number of epoxide rings is 1. The van der Waals surface area contributed by atoms with E-state index in [1.807, 2.05) is 6.92 Å². The molecule has 0 aromatic rings. The van der Waals surface area contributed by atoms with Crippen LogP contribution in [0.2, 0.25) is 0 Å². The van der Waals surface area contributed by atoms with Crippen LogP contribution in [0, 0.1) is 28.6 Å². The minimum absolute atomic E-state index is 0.00739. The Hall–Kier alpha value is -1.73. The first-order valence-electron chi connectivity index (χ1n) is 12.8. The third-order valence-corrected chi connectivity index (χ3v) is 9.85. The number of aliphatic hydroxyl groups is 1. The number of esters is 1. The molecule has 170 valence electrons. The summed E-state index contributed by atoms with van der Waals surface area (Å²) in [7, 11) is -2.89. The van der Waals surface area contributed by atoms with Crippen molar-refractivity contribution < 1.29 is 38.2 Å². The lowest BCUT2D eigenvalue weighted by Crippen LogP contribution is -2.63. The standard InChI is InChI=1S/C24H32O7/c1-21-7-4-14(25)10-13(21)11-15(20(28)30-3)19-16-5-8-23(29,9-6-18(26)27)22(16,2)12-17-24(19,21)31-17/h10,15-17,19,29H,4-9,11-12H2,1-3H3,(H,26,27)/t15-,16+,17-,19+,21+,22+,23-,24-/m1/s1/i3D3. The Kier molecular flexibility index (Phi) is 3.68. The molecule has 7 heteroatoms. The predicted molar refractivity (Wildman–Crippen MR) is 109 cm³/mol. The summed E-state index contributed by atoms with van der Waals surface area (Å²) in [5, 5.41) is 20.9. The highest BCUT2D eigenvalue weighted by Gasteiger charge is 2.82. The lowest BCUT2D eigenvalue weighted by molar-refractivity contribution is -0.163. The summed E-state index contributed by atoms with van der Waals surface area (Å²) in [6, 6.07) is 0. The second-order valence-electron chi connectivity index (χ2n) is 10.8. The summed E-state index contributed by atoms with van der Waals surface area (Å²) in [4.78, 5) is 36.8. The molecule has 0 radical (unpaired) electrons. The summed E-state index contributed by atoms with van der Waals surface area (Å²) in [6.45, 7) is 4.04. The van der Waals surface area contributed by atoms with Gasteiger partial charge in [-0.25, -0.2) is 0 Å². The number of methoxy groups -OCH3 is 1. The molecular weight excluding hydrogens is 400 g/mol. The molecule has 7 nitrogen and oxygen atoms in total. The molecule has 2 N–H and O–H groups in total. The Balaban J connectivity index is 1.59. The van der Waals surface area contributed by atoms with Crippen molar-refractivity contribution in [2.45, 2.75) is 82.5 Å². The van der Waals surface area contributed by atoms with Gasteiger partial charge < -0.3 is 19.7 Å². The van der Waals surface area contributed by atoms with Gasteiger partial charge in [0.1, 0.15) is 5.60 Å². The fourth-order valence-corrected chi connectivity index (χ4v) is 8.15. The molecule has 4 fully saturated rings. The summed E-state index contributed by atoms with van der Waals surface area (Å²) >= 11 is 0. The first kappa shape index (κ1) is 17.8. The zero-order valence-corrected chi connectivity index (χ0v) is 18.0. The number of carbonyl (C=O) groups excluding carboxylic acids is 2. The van der Waals surface area contributed by atoms with E-state index in [1.54, 1.807) is 6.08 Å². The monoisotopic (exact) mass is 435 g/mol. The van der Waals surface area contributed by atoms with Crippen LogP contribution in [-0.2, 0) is 23.9 Å². The second-order valence-corrected chi connectivity index (χ2v) is 10.8. The highest BCUT2D eigenvalue weighted by molar-refractivity contribution is 5.92. The van der Waals surface area contributed by atoms with Gasteiger partial charge in [-0.05, 0) is 50.5 Å². The molecule has 5 aliphatic rings. The van der Waals surface area contributed by atoms with Crippen molar-refractivity contribution in [2.24, 2.45) is 28.6 Å². The van der Waals surface area contributed by atoms with Crippen LogP contribution in [0.1, 0.15) is 69.3 Å². The van der Waals surface area contributed by atoms with E-state index >= 15 is 0 Å². The summed E-state index contributed by atoms with van der Waals surface area (Å²) in [6.07, 6.45) is 4.04. The quantitative estimate of drug-likeness (QED) is 0.515. The minimum atomic E-state index is -2.89. The number of aliphatic carboxylic acids is 1. The van der Waals surface area contributed by atoms with Gasteiger partial charge in [0.05, 0.1) is 28.8 Å². The van der Waals surface area contributed by atoms with Crippen LogP contribution in [-0.4, -0.2) is 52.3 Å². The Bertz CT molecular complexity index is 992. The number of ether oxygens (including phenoxy) is 2. The molecule has 1 spiro atoms. The van der Waals surface area contributed by atoms with Gasteiger partial charge in [-0.1, -0.05) is 19.4 Å². The maximum absolute atomic E-state index is 13.3. The van der Waals surface area contributed by atoms with Gasteiger partial charge in [0.25, 0.3) is 0 Å². The van der Waals surface area contributed by atoms with E-state index in [0.29, 0.717) is 32.1 Å². The number of carboxylic acids is 1. The van der Waals surface area contributed by atoms with Crippen molar-refractivity contribution in [3.8, 4) is 0 Å². The Morgan fingerprint density at radius 3 is 2.84 bits per heavy atom. The van der Waals surface area contributed by atoms with Gasteiger partial charge >= 0.3 is 11.9 Å². The highest BCUT2D eigenvalue weighted by Crippen LogP contribution is 2.77. The van der Waals surface area contributed by atoms with E-state index in [2.05, 4.69) is 6.92 Å². The maximum atomic E-state index is 13.3. The summed E-state index contributed by atoms with van der Waals surface area (Å²) in [5.74, 6) is -3.19. The van der Waals surface area contributed by atoms with Crippen molar-refractivity contribution >= 4 is 17.7 Å².